The van der Waals surface area contributed by atoms with Crippen molar-refractivity contribution < 1.29 is 20.4 Å². The Hall–Kier alpha value is -2.66. The zero-order valence-electron chi connectivity index (χ0n) is 15.3. The maximum absolute atomic E-state index is 10.5. The minimum atomic E-state index is -0.840. The van der Waals surface area contributed by atoms with Crippen LogP contribution in [-0.4, -0.2) is 39.7 Å². The standard InChI is InChI=1S/C23H26O4/c1-17(16-25)22(12-13-24)23(27)11-10-20(19-7-3-2-4-8-19)14-18-6-5-9-21(26)15-18/h2-9,12,14-15,23-27H,1,10-11,13,16H2/b20-14-,22-12-. The topological polar surface area (TPSA) is 80.9 Å². The summed E-state index contributed by atoms with van der Waals surface area (Å²) in [7, 11) is 0. The van der Waals surface area contributed by atoms with Crippen molar-refractivity contribution in [1.29, 1.82) is 0 Å². The Morgan fingerprint density at radius 1 is 1.04 bits per heavy atom. The molecule has 1 atom stereocenters. The summed E-state index contributed by atoms with van der Waals surface area (Å²) in [4.78, 5) is 0. The summed E-state index contributed by atoms with van der Waals surface area (Å²) >= 11 is 0. The summed E-state index contributed by atoms with van der Waals surface area (Å²) in [5, 5.41) is 38.7. The Balaban J connectivity index is 2.25. The molecule has 4 N–H and O–H groups in total. The molecule has 0 fully saturated rings. The molecule has 0 aliphatic heterocycles. The lowest BCUT2D eigenvalue weighted by Gasteiger charge is -2.17. The van der Waals surface area contributed by atoms with Crippen LogP contribution in [-0.2, 0) is 0 Å². The van der Waals surface area contributed by atoms with Crippen molar-refractivity contribution in [1.82, 2.24) is 0 Å². The van der Waals surface area contributed by atoms with Crippen LogP contribution in [0, 0.1) is 0 Å². The first-order chi connectivity index (χ1) is 13.0. The van der Waals surface area contributed by atoms with Gasteiger partial charge in [0.2, 0.25) is 0 Å². The molecule has 0 saturated heterocycles. The van der Waals surface area contributed by atoms with Gasteiger partial charge < -0.3 is 20.4 Å². The molecule has 0 amide bonds. The van der Waals surface area contributed by atoms with E-state index in [-0.39, 0.29) is 19.0 Å². The van der Waals surface area contributed by atoms with E-state index in [1.165, 1.54) is 6.08 Å². The van der Waals surface area contributed by atoms with E-state index < -0.39 is 6.10 Å². The van der Waals surface area contributed by atoms with Crippen molar-refractivity contribution in [3.05, 3.63) is 89.5 Å². The molecule has 4 nitrogen and oxygen atoms in total. The van der Waals surface area contributed by atoms with Crippen LogP contribution in [0.1, 0.15) is 24.0 Å². The van der Waals surface area contributed by atoms with E-state index in [1.54, 1.807) is 18.2 Å². The zero-order valence-corrected chi connectivity index (χ0v) is 15.3. The summed E-state index contributed by atoms with van der Waals surface area (Å²) < 4.78 is 0. The van der Waals surface area contributed by atoms with Crippen molar-refractivity contribution in [2.45, 2.75) is 18.9 Å². The van der Waals surface area contributed by atoms with E-state index in [2.05, 4.69) is 6.58 Å². The van der Waals surface area contributed by atoms with E-state index in [1.807, 2.05) is 42.5 Å². The lowest BCUT2D eigenvalue weighted by atomic mass is 9.93. The molecule has 27 heavy (non-hydrogen) atoms. The molecular weight excluding hydrogens is 340 g/mol. The first kappa shape index (κ1) is 20.6. The summed E-state index contributed by atoms with van der Waals surface area (Å²) in [5.41, 5.74) is 3.77. The first-order valence-corrected chi connectivity index (χ1v) is 8.88. The van der Waals surface area contributed by atoms with Gasteiger partial charge in [-0.1, -0.05) is 61.2 Å². The Kier molecular flexibility index (Phi) is 8.01. The molecule has 2 aromatic rings. The quantitative estimate of drug-likeness (QED) is 0.404. The zero-order chi connectivity index (χ0) is 19.6. The predicted octanol–water partition coefficient (Wildman–Crippen LogP) is 3.54. The molecule has 0 heterocycles. The minimum Gasteiger partial charge on any atom is -0.508 e. The number of rotatable bonds is 9. The summed E-state index contributed by atoms with van der Waals surface area (Å²) in [6.07, 6.45) is 3.60. The number of aromatic hydroxyl groups is 1. The Bertz CT molecular complexity index is 806. The molecule has 0 aliphatic rings. The number of phenolic OH excluding ortho intramolecular Hbond substituents is 1. The third kappa shape index (κ3) is 6.22. The maximum atomic E-state index is 10.5. The van der Waals surface area contributed by atoms with Gasteiger partial charge in [0.1, 0.15) is 5.75 Å². The van der Waals surface area contributed by atoms with Gasteiger partial charge in [0.15, 0.2) is 0 Å². The normalized spacial score (nSPS) is 13.4. The van der Waals surface area contributed by atoms with Crippen LogP contribution in [0.3, 0.4) is 0 Å². The van der Waals surface area contributed by atoms with Crippen LogP contribution in [0.15, 0.2) is 78.4 Å². The van der Waals surface area contributed by atoms with Crippen molar-refractivity contribution in [2.75, 3.05) is 13.2 Å². The van der Waals surface area contributed by atoms with E-state index in [0.717, 1.165) is 16.7 Å². The molecule has 4 heteroatoms. The predicted molar refractivity (Wildman–Crippen MR) is 109 cm³/mol. The number of hydrogen-bond acceptors (Lipinski definition) is 4. The molecule has 142 valence electrons. The molecule has 2 aromatic carbocycles. The molecule has 0 bridgehead atoms. The molecule has 0 aliphatic carbocycles. The van der Waals surface area contributed by atoms with Gasteiger partial charge >= 0.3 is 0 Å². The number of benzene rings is 2. The van der Waals surface area contributed by atoms with Gasteiger partial charge in [-0.15, -0.1) is 0 Å². The monoisotopic (exact) mass is 366 g/mol. The van der Waals surface area contributed by atoms with Gasteiger partial charge in [0, 0.05) is 0 Å². The lowest BCUT2D eigenvalue weighted by molar-refractivity contribution is 0.199. The average Bonchev–Trinajstić information content (AvgIpc) is 2.69. The van der Waals surface area contributed by atoms with Crippen LogP contribution in [0.25, 0.3) is 11.6 Å². The molecule has 1 unspecified atom stereocenters. The van der Waals surface area contributed by atoms with Crippen LogP contribution < -0.4 is 0 Å². The van der Waals surface area contributed by atoms with Crippen LogP contribution >= 0.6 is 0 Å². The highest BCUT2D eigenvalue weighted by Crippen LogP contribution is 2.27. The highest BCUT2D eigenvalue weighted by molar-refractivity contribution is 5.81. The largest absolute Gasteiger partial charge is 0.508 e. The van der Waals surface area contributed by atoms with Gasteiger partial charge in [-0.25, -0.2) is 0 Å². The first-order valence-electron chi connectivity index (χ1n) is 8.88. The van der Waals surface area contributed by atoms with Crippen LogP contribution in [0.5, 0.6) is 5.75 Å². The fourth-order valence-electron chi connectivity index (χ4n) is 2.92. The average molecular weight is 366 g/mol. The molecule has 0 spiro atoms. The fourth-order valence-corrected chi connectivity index (χ4v) is 2.92. The highest BCUT2D eigenvalue weighted by atomic mass is 16.3. The van der Waals surface area contributed by atoms with E-state index in [9.17, 15) is 15.3 Å². The second-order valence-electron chi connectivity index (χ2n) is 6.29. The number of phenols is 1. The minimum absolute atomic E-state index is 0.198. The third-order valence-electron chi connectivity index (χ3n) is 4.31. The maximum Gasteiger partial charge on any atom is 0.116 e. The van der Waals surface area contributed by atoms with E-state index >= 15 is 0 Å². The van der Waals surface area contributed by atoms with E-state index in [0.29, 0.717) is 24.0 Å². The fraction of sp³-hybridized carbons (Fsp3) is 0.217. The molecule has 0 saturated carbocycles. The molecular formula is C23H26O4. The Morgan fingerprint density at radius 3 is 2.41 bits per heavy atom. The molecule has 2 rings (SSSR count). The summed E-state index contributed by atoms with van der Waals surface area (Å²) in [6.45, 7) is 3.25. The van der Waals surface area contributed by atoms with Crippen molar-refractivity contribution in [3.63, 3.8) is 0 Å². The summed E-state index contributed by atoms with van der Waals surface area (Å²) in [6, 6.07) is 16.8. The molecule has 0 radical (unpaired) electrons. The Labute approximate surface area is 160 Å². The van der Waals surface area contributed by atoms with Crippen molar-refractivity contribution >= 4 is 11.6 Å². The number of allylic oxidation sites excluding steroid dienone is 1. The second kappa shape index (κ2) is 10.5. The van der Waals surface area contributed by atoms with Crippen molar-refractivity contribution in [2.24, 2.45) is 0 Å². The van der Waals surface area contributed by atoms with Crippen LogP contribution in [0.4, 0.5) is 0 Å². The van der Waals surface area contributed by atoms with Crippen molar-refractivity contribution in [3.8, 4) is 5.75 Å². The SMILES string of the molecule is C=C(CO)/C(=C/CO)C(O)CC/C(=C/c1cccc(O)c1)c1ccccc1. The van der Waals surface area contributed by atoms with Gasteiger partial charge in [0.05, 0.1) is 19.3 Å². The van der Waals surface area contributed by atoms with Crippen LogP contribution in [0.2, 0.25) is 0 Å². The van der Waals surface area contributed by atoms with Gasteiger partial charge in [0.25, 0.3) is 0 Å². The second-order valence-corrected chi connectivity index (χ2v) is 6.29. The highest BCUT2D eigenvalue weighted by Gasteiger charge is 2.15. The van der Waals surface area contributed by atoms with E-state index in [4.69, 9.17) is 5.11 Å². The van der Waals surface area contributed by atoms with Gasteiger partial charge in [-0.05, 0) is 52.8 Å². The van der Waals surface area contributed by atoms with Gasteiger partial charge in [-0.2, -0.15) is 0 Å². The smallest absolute Gasteiger partial charge is 0.116 e. The Morgan fingerprint density at radius 2 is 1.78 bits per heavy atom. The number of aliphatic hydroxyl groups excluding tert-OH is 3. The van der Waals surface area contributed by atoms with Gasteiger partial charge in [-0.3, -0.25) is 0 Å². The summed E-state index contributed by atoms with van der Waals surface area (Å²) in [5.74, 6) is 0.198. The third-order valence-corrected chi connectivity index (χ3v) is 4.31. The lowest BCUT2D eigenvalue weighted by Crippen LogP contribution is -2.14. The number of aliphatic hydroxyl groups is 3. The molecule has 0 aromatic heterocycles. The number of hydrogen-bond donors (Lipinski definition) is 4.